The van der Waals surface area contributed by atoms with Gasteiger partial charge in [0.15, 0.2) is 0 Å². The molecule has 2 aromatic rings. The fourth-order valence-corrected chi connectivity index (χ4v) is 1.92. The molecule has 0 unspecified atom stereocenters. The normalized spacial score (nSPS) is 10.8. The van der Waals surface area contributed by atoms with Crippen molar-refractivity contribution in [3.8, 4) is 11.5 Å². The lowest BCUT2D eigenvalue weighted by Gasteiger charge is -1.99. The molecule has 90 valence electrons. The summed E-state index contributed by atoms with van der Waals surface area (Å²) in [7, 11) is 0. The average molecular weight is 251 g/mol. The van der Waals surface area contributed by atoms with Crippen molar-refractivity contribution in [2.45, 2.75) is 20.4 Å². The Hall–Kier alpha value is -1.32. The van der Waals surface area contributed by atoms with E-state index >= 15 is 0 Å². The molecule has 4 heteroatoms. The number of aromatic nitrogens is 1. The molecule has 0 aliphatic heterocycles. The van der Waals surface area contributed by atoms with Gasteiger partial charge in [0.1, 0.15) is 6.26 Å². The van der Waals surface area contributed by atoms with Gasteiger partial charge >= 0.3 is 0 Å². The first kappa shape index (κ1) is 12.1. The molecule has 0 fully saturated rings. The van der Waals surface area contributed by atoms with Gasteiger partial charge in [0.05, 0.1) is 5.69 Å². The fraction of sp³-hybridized carbons (Fsp3) is 0.308. The molecule has 17 heavy (non-hydrogen) atoms. The molecule has 0 amide bonds. The summed E-state index contributed by atoms with van der Waals surface area (Å²) in [6.45, 7) is 5.69. The second kappa shape index (κ2) is 5.34. The maximum Gasteiger partial charge on any atom is 0.226 e. The van der Waals surface area contributed by atoms with Crippen LogP contribution in [0.4, 0.5) is 0 Å². The lowest BCUT2D eigenvalue weighted by atomic mass is 10.1. The Labute approximate surface area is 106 Å². The predicted molar refractivity (Wildman–Crippen MR) is 69.1 cm³/mol. The molecule has 2 rings (SSSR count). The molecule has 3 nitrogen and oxygen atoms in total. The third-order valence-corrected chi connectivity index (χ3v) is 2.62. The van der Waals surface area contributed by atoms with E-state index in [1.54, 1.807) is 6.26 Å². The van der Waals surface area contributed by atoms with E-state index < -0.39 is 0 Å². The highest BCUT2D eigenvalue weighted by Gasteiger charge is 2.07. The average Bonchev–Trinajstić information content (AvgIpc) is 2.73. The van der Waals surface area contributed by atoms with E-state index in [0.717, 1.165) is 29.9 Å². The van der Waals surface area contributed by atoms with E-state index in [9.17, 15) is 0 Å². The van der Waals surface area contributed by atoms with Crippen molar-refractivity contribution in [3.63, 3.8) is 0 Å². The first-order valence-electron chi connectivity index (χ1n) is 5.61. The lowest BCUT2D eigenvalue weighted by molar-refractivity contribution is 0.570. The van der Waals surface area contributed by atoms with Crippen LogP contribution in [0.25, 0.3) is 11.5 Å². The highest BCUT2D eigenvalue weighted by Crippen LogP contribution is 2.24. The minimum Gasteiger partial charge on any atom is -0.444 e. The number of hydrogen-bond acceptors (Lipinski definition) is 3. The minimum atomic E-state index is 0.614. The van der Waals surface area contributed by atoms with E-state index in [0.29, 0.717) is 10.9 Å². The second-order valence-corrected chi connectivity index (χ2v) is 4.38. The van der Waals surface area contributed by atoms with Gasteiger partial charge in [-0.2, -0.15) is 0 Å². The molecule has 0 aliphatic carbocycles. The first-order valence-corrected chi connectivity index (χ1v) is 5.99. The molecule has 1 N–H and O–H groups in total. The van der Waals surface area contributed by atoms with Gasteiger partial charge in [0.25, 0.3) is 0 Å². The van der Waals surface area contributed by atoms with E-state index in [2.05, 4.69) is 17.2 Å². The van der Waals surface area contributed by atoms with E-state index in [1.807, 2.05) is 25.1 Å². The van der Waals surface area contributed by atoms with Crippen molar-refractivity contribution < 1.29 is 4.42 Å². The van der Waals surface area contributed by atoms with Crippen LogP contribution in [0.5, 0.6) is 0 Å². The van der Waals surface area contributed by atoms with Crippen LogP contribution in [-0.2, 0) is 6.54 Å². The predicted octanol–water partition coefficient (Wildman–Crippen LogP) is 3.41. The number of rotatable bonds is 4. The zero-order valence-electron chi connectivity index (χ0n) is 9.96. The number of nitrogens with one attached hydrogen (secondary N) is 1. The van der Waals surface area contributed by atoms with Crippen LogP contribution >= 0.6 is 11.6 Å². The highest BCUT2D eigenvalue weighted by atomic mass is 35.5. The lowest BCUT2D eigenvalue weighted by Crippen LogP contribution is -2.11. The summed E-state index contributed by atoms with van der Waals surface area (Å²) in [4.78, 5) is 4.41. The van der Waals surface area contributed by atoms with Gasteiger partial charge in [-0.15, -0.1) is 0 Å². The summed E-state index contributed by atoms with van der Waals surface area (Å²) >= 11 is 6.01. The van der Waals surface area contributed by atoms with Crippen LogP contribution in [0, 0.1) is 6.92 Å². The van der Waals surface area contributed by atoms with Crippen LogP contribution in [0.3, 0.4) is 0 Å². The first-order chi connectivity index (χ1) is 8.19. The van der Waals surface area contributed by atoms with Crippen LogP contribution in [-0.4, -0.2) is 11.5 Å². The number of halogens is 1. The SMILES string of the molecule is CCNCc1coc(-c2cc(C)cc(Cl)c2)n1. The molecular formula is C13H15ClN2O. The number of oxazole rings is 1. The largest absolute Gasteiger partial charge is 0.444 e. The zero-order valence-corrected chi connectivity index (χ0v) is 10.7. The molecular weight excluding hydrogens is 236 g/mol. The molecule has 0 saturated carbocycles. The molecule has 1 aromatic heterocycles. The van der Waals surface area contributed by atoms with Crippen LogP contribution < -0.4 is 5.32 Å². The van der Waals surface area contributed by atoms with Crippen molar-refractivity contribution >= 4 is 11.6 Å². The Morgan fingerprint density at radius 2 is 2.18 bits per heavy atom. The number of hydrogen-bond donors (Lipinski definition) is 1. The minimum absolute atomic E-state index is 0.614. The summed E-state index contributed by atoms with van der Waals surface area (Å²) in [5, 5.41) is 3.90. The Bertz CT molecular complexity index is 488. The number of aryl methyl sites for hydroxylation is 1. The second-order valence-electron chi connectivity index (χ2n) is 3.94. The molecule has 1 aromatic carbocycles. The molecule has 0 spiro atoms. The molecule has 1 heterocycles. The Morgan fingerprint density at radius 1 is 1.35 bits per heavy atom. The van der Waals surface area contributed by atoms with Gasteiger partial charge in [-0.25, -0.2) is 4.98 Å². The van der Waals surface area contributed by atoms with Gasteiger partial charge in [-0.05, 0) is 37.2 Å². The summed E-state index contributed by atoms with van der Waals surface area (Å²) in [6.07, 6.45) is 1.67. The van der Waals surface area contributed by atoms with E-state index in [-0.39, 0.29) is 0 Å². The van der Waals surface area contributed by atoms with Crippen LogP contribution in [0.1, 0.15) is 18.2 Å². The summed E-state index contributed by atoms with van der Waals surface area (Å²) in [5.74, 6) is 0.614. The van der Waals surface area contributed by atoms with Gasteiger partial charge in [0, 0.05) is 17.1 Å². The smallest absolute Gasteiger partial charge is 0.226 e. The standard InChI is InChI=1S/C13H15ClN2O/c1-3-15-7-12-8-17-13(16-12)10-4-9(2)5-11(14)6-10/h4-6,8,15H,3,7H2,1-2H3. The quantitative estimate of drug-likeness (QED) is 0.904. The topological polar surface area (TPSA) is 38.1 Å². The van der Waals surface area contributed by atoms with E-state index in [1.165, 1.54) is 0 Å². The van der Waals surface area contributed by atoms with Crippen molar-refractivity contribution in [1.29, 1.82) is 0 Å². The summed E-state index contributed by atoms with van der Waals surface area (Å²) < 4.78 is 5.45. The number of benzene rings is 1. The molecule has 0 bridgehead atoms. The van der Waals surface area contributed by atoms with Crippen LogP contribution in [0.2, 0.25) is 5.02 Å². The third-order valence-electron chi connectivity index (χ3n) is 2.40. The van der Waals surface area contributed by atoms with Crippen molar-refractivity contribution in [1.82, 2.24) is 10.3 Å². The molecule has 0 radical (unpaired) electrons. The Kier molecular flexibility index (Phi) is 3.82. The van der Waals surface area contributed by atoms with E-state index in [4.69, 9.17) is 16.0 Å². The maximum absolute atomic E-state index is 6.01. The summed E-state index contributed by atoms with van der Waals surface area (Å²) in [6, 6.07) is 5.78. The van der Waals surface area contributed by atoms with Gasteiger partial charge in [-0.3, -0.25) is 0 Å². The van der Waals surface area contributed by atoms with Gasteiger partial charge in [-0.1, -0.05) is 18.5 Å². The van der Waals surface area contributed by atoms with Crippen molar-refractivity contribution in [2.24, 2.45) is 0 Å². The zero-order chi connectivity index (χ0) is 12.3. The highest BCUT2D eigenvalue weighted by molar-refractivity contribution is 6.30. The molecule has 0 saturated heterocycles. The third kappa shape index (κ3) is 3.08. The Morgan fingerprint density at radius 3 is 2.88 bits per heavy atom. The Balaban J connectivity index is 2.24. The van der Waals surface area contributed by atoms with Crippen molar-refractivity contribution in [2.75, 3.05) is 6.54 Å². The fourth-order valence-electron chi connectivity index (χ4n) is 1.63. The van der Waals surface area contributed by atoms with Crippen LogP contribution in [0.15, 0.2) is 28.9 Å². The van der Waals surface area contributed by atoms with Crippen molar-refractivity contribution in [3.05, 3.63) is 40.7 Å². The van der Waals surface area contributed by atoms with Gasteiger partial charge < -0.3 is 9.73 Å². The maximum atomic E-state index is 6.01. The monoisotopic (exact) mass is 250 g/mol. The number of nitrogens with zero attached hydrogens (tertiary/aromatic N) is 1. The molecule has 0 aliphatic rings. The van der Waals surface area contributed by atoms with Gasteiger partial charge in [0.2, 0.25) is 5.89 Å². The molecule has 0 atom stereocenters. The summed E-state index contributed by atoms with van der Waals surface area (Å²) in [5.41, 5.74) is 2.91.